The molecule has 2 aromatic carbocycles. The van der Waals surface area contributed by atoms with Crippen LogP contribution in [0.25, 0.3) is 0 Å². The van der Waals surface area contributed by atoms with Crippen molar-refractivity contribution in [3.8, 4) is 11.5 Å². The van der Waals surface area contributed by atoms with Crippen molar-refractivity contribution in [1.82, 2.24) is 5.32 Å². The highest BCUT2D eigenvalue weighted by molar-refractivity contribution is 7.98. The molecule has 4 nitrogen and oxygen atoms in total. The van der Waals surface area contributed by atoms with Crippen molar-refractivity contribution in [1.29, 1.82) is 0 Å². The van der Waals surface area contributed by atoms with E-state index in [1.165, 1.54) is 0 Å². The summed E-state index contributed by atoms with van der Waals surface area (Å²) in [6, 6.07) is 12.7. The SMILES string of the molecule is CNC(=O)c1ccc(N)c(Oc2ccccc2SC)c1. The molecular formula is C15H16N2O2S. The van der Waals surface area contributed by atoms with Crippen molar-refractivity contribution >= 4 is 23.4 Å². The number of hydrogen-bond donors (Lipinski definition) is 2. The maximum atomic E-state index is 11.6. The average molecular weight is 288 g/mol. The Morgan fingerprint density at radius 1 is 1.20 bits per heavy atom. The second-order valence-corrected chi connectivity index (χ2v) is 4.93. The fourth-order valence-electron chi connectivity index (χ4n) is 1.73. The normalized spacial score (nSPS) is 10.1. The van der Waals surface area contributed by atoms with Crippen LogP contribution >= 0.6 is 11.8 Å². The highest BCUT2D eigenvalue weighted by Crippen LogP contribution is 2.34. The molecule has 0 fully saturated rings. The van der Waals surface area contributed by atoms with E-state index in [-0.39, 0.29) is 5.91 Å². The third-order valence-corrected chi connectivity index (χ3v) is 3.57. The molecule has 0 unspecified atom stereocenters. The third kappa shape index (κ3) is 3.05. The number of thioether (sulfide) groups is 1. The summed E-state index contributed by atoms with van der Waals surface area (Å²) < 4.78 is 5.84. The summed E-state index contributed by atoms with van der Waals surface area (Å²) in [5, 5.41) is 2.57. The molecule has 3 N–H and O–H groups in total. The fraction of sp³-hybridized carbons (Fsp3) is 0.133. The summed E-state index contributed by atoms with van der Waals surface area (Å²) in [4.78, 5) is 12.7. The number of nitrogens with one attached hydrogen (secondary N) is 1. The number of hydrogen-bond acceptors (Lipinski definition) is 4. The van der Waals surface area contributed by atoms with E-state index in [1.807, 2.05) is 30.5 Å². The lowest BCUT2D eigenvalue weighted by Gasteiger charge is -2.12. The third-order valence-electron chi connectivity index (χ3n) is 2.79. The molecule has 0 heterocycles. The van der Waals surface area contributed by atoms with Crippen LogP contribution in [0.15, 0.2) is 47.4 Å². The van der Waals surface area contributed by atoms with Gasteiger partial charge in [0.1, 0.15) is 5.75 Å². The minimum atomic E-state index is -0.173. The fourth-order valence-corrected chi connectivity index (χ4v) is 2.26. The molecule has 2 aromatic rings. The first-order valence-corrected chi connectivity index (χ1v) is 7.30. The van der Waals surface area contributed by atoms with E-state index in [9.17, 15) is 4.79 Å². The Kier molecular flexibility index (Phi) is 4.53. The van der Waals surface area contributed by atoms with Crippen molar-refractivity contribution in [2.45, 2.75) is 4.90 Å². The zero-order valence-corrected chi connectivity index (χ0v) is 12.2. The summed E-state index contributed by atoms with van der Waals surface area (Å²) in [5.41, 5.74) is 6.91. The summed E-state index contributed by atoms with van der Waals surface area (Å²) in [5.74, 6) is 1.03. The van der Waals surface area contributed by atoms with Gasteiger partial charge in [0, 0.05) is 17.5 Å². The van der Waals surface area contributed by atoms with Gasteiger partial charge in [-0.25, -0.2) is 0 Å². The molecule has 0 bridgehead atoms. The molecule has 0 radical (unpaired) electrons. The van der Waals surface area contributed by atoms with Crippen molar-refractivity contribution in [3.05, 3.63) is 48.0 Å². The van der Waals surface area contributed by atoms with E-state index < -0.39 is 0 Å². The Bertz CT molecular complexity index is 629. The lowest BCUT2D eigenvalue weighted by Crippen LogP contribution is -2.17. The number of amides is 1. The Hall–Kier alpha value is -2.14. The predicted molar refractivity (Wildman–Crippen MR) is 82.5 cm³/mol. The summed E-state index contributed by atoms with van der Waals surface area (Å²) in [7, 11) is 1.59. The van der Waals surface area contributed by atoms with E-state index in [1.54, 1.807) is 37.0 Å². The van der Waals surface area contributed by atoms with Crippen molar-refractivity contribution in [3.63, 3.8) is 0 Å². The maximum absolute atomic E-state index is 11.6. The van der Waals surface area contributed by atoms with E-state index in [4.69, 9.17) is 10.5 Å². The number of benzene rings is 2. The highest BCUT2D eigenvalue weighted by atomic mass is 32.2. The molecule has 0 aliphatic carbocycles. The first kappa shape index (κ1) is 14.3. The Labute approximate surface area is 122 Å². The maximum Gasteiger partial charge on any atom is 0.251 e. The Balaban J connectivity index is 2.35. The van der Waals surface area contributed by atoms with Crippen LogP contribution in [0.5, 0.6) is 11.5 Å². The zero-order chi connectivity index (χ0) is 14.5. The highest BCUT2D eigenvalue weighted by Gasteiger charge is 2.10. The molecule has 0 saturated heterocycles. The van der Waals surface area contributed by atoms with Gasteiger partial charge in [-0.2, -0.15) is 0 Å². The number of carbonyl (C=O) groups excluding carboxylic acids is 1. The van der Waals surface area contributed by atoms with Crippen LogP contribution in [0.4, 0.5) is 5.69 Å². The molecule has 104 valence electrons. The number of carbonyl (C=O) groups is 1. The molecule has 1 amide bonds. The van der Waals surface area contributed by atoms with Crippen molar-refractivity contribution in [2.75, 3.05) is 19.0 Å². The molecule has 0 spiro atoms. The Morgan fingerprint density at radius 3 is 2.65 bits per heavy atom. The smallest absolute Gasteiger partial charge is 0.251 e. The number of para-hydroxylation sites is 1. The number of nitrogen functional groups attached to an aromatic ring is 1. The monoisotopic (exact) mass is 288 g/mol. The molecule has 0 aromatic heterocycles. The van der Waals surface area contributed by atoms with Crippen LogP contribution in [0, 0.1) is 0 Å². The second kappa shape index (κ2) is 6.34. The first-order chi connectivity index (χ1) is 9.65. The van der Waals surface area contributed by atoms with Gasteiger partial charge in [0.2, 0.25) is 0 Å². The molecule has 0 aliphatic heterocycles. The van der Waals surface area contributed by atoms with Crippen LogP contribution in [0.2, 0.25) is 0 Å². The molecule has 5 heteroatoms. The minimum Gasteiger partial charge on any atom is -0.454 e. The standard InChI is InChI=1S/C15H16N2O2S/c1-17-15(18)10-7-8-11(16)13(9-10)19-12-5-3-4-6-14(12)20-2/h3-9H,16H2,1-2H3,(H,17,18). The largest absolute Gasteiger partial charge is 0.454 e. The summed E-state index contributed by atoms with van der Waals surface area (Å²) >= 11 is 1.59. The van der Waals surface area contributed by atoms with Crippen molar-refractivity contribution < 1.29 is 9.53 Å². The molecule has 0 saturated carbocycles. The van der Waals surface area contributed by atoms with Gasteiger partial charge in [-0.3, -0.25) is 4.79 Å². The van der Waals surface area contributed by atoms with Gasteiger partial charge in [0.25, 0.3) is 5.91 Å². The Morgan fingerprint density at radius 2 is 1.95 bits per heavy atom. The van der Waals surface area contributed by atoms with Gasteiger partial charge in [-0.05, 0) is 36.6 Å². The summed E-state index contributed by atoms with van der Waals surface area (Å²) in [6.45, 7) is 0. The minimum absolute atomic E-state index is 0.173. The number of rotatable bonds is 4. The van der Waals surface area contributed by atoms with Crippen LogP contribution < -0.4 is 15.8 Å². The van der Waals surface area contributed by atoms with E-state index in [0.29, 0.717) is 17.0 Å². The van der Waals surface area contributed by atoms with E-state index >= 15 is 0 Å². The lowest BCUT2D eigenvalue weighted by atomic mass is 10.2. The van der Waals surface area contributed by atoms with Crippen LogP contribution in [0.1, 0.15) is 10.4 Å². The topological polar surface area (TPSA) is 64.4 Å². The predicted octanol–water partition coefficient (Wildman–Crippen LogP) is 3.14. The second-order valence-electron chi connectivity index (χ2n) is 4.08. The van der Waals surface area contributed by atoms with E-state index in [2.05, 4.69) is 5.32 Å². The molecular weight excluding hydrogens is 272 g/mol. The lowest BCUT2D eigenvalue weighted by molar-refractivity contribution is 0.0963. The average Bonchev–Trinajstić information content (AvgIpc) is 2.49. The van der Waals surface area contributed by atoms with Gasteiger partial charge in [0.15, 0.2) is 5.75 Å². The van der Waals surface area contributed by atoms with Gasteiger partial charge >= 0.3 is 0 Å². The number of ether oxygens (including phenoxy) is 1. The first-order valence-electron chi connectivity index (χ1n) is 6.08. The molecule has 0 atom stereocenters. The number of nitrogens with two attached hydrogens (primary N) is 1. The molecule has 2 rings (SSSR count). The number of anilines is 1. The van der Waals surface area contributed by atoms with Gasteiger partial charge < -0.3 is 15.8 Å². The van der Waals surface area contributed by atoms with Gasteiger partial charge in [-0.1, -0.05) is 12.1 Å². The molecule has 20 heavy (non-hydrogen) atoms. The van der Waals surface area contributed by atoms with Crippen LogP contribution in [-0.4, -0.2) is 19.2 Å². The van der Waals surface area contributed by atoms with Crippen LogP contribution in [-0.2, 0) is 0 Å². The van der Waals surface area contributed by atoms with Crippen molar-refractivity contribution in [2.24, 2.45) is 0 Å². The molecule has 0 aliphatic rings. The quantitative estimate of drug-likeness (QED) is 0.670. The van der Waals surface area contributed by atoms with Crippen LogP contribution in [0.3, 0.4) is 0 Å². The van der Waals surface area contributed by atoms with Gasteiger partial charge in [-0.15, -0.1) is 11.8 Å². The zero-order valence-electron chi connectivity index (χ0n) is 11.3. The van der Waals surface area contributed by atoms with Gasteiger partial charge in [0.05, 0.1) is 5.69 Å². The summed E-state index contributed by atoms with van der Waals surface area (Å²) in [6.07, 6.45) is 1.98. The van der Waals surface area contributed by atoms with E-state index in [0.717, 1.165) is 10.6 Å².